The van der Waals surface area contributed by atoms with E-state index in [0.717, 1.165) is 17.5 Å². The standard InChI is InChI=1S/C12H18BrNO3/c1-8-6-11(9(2)17-8)12(15)14-10(4-5-13)7-16-3/h6,10H,4-5,7H2,1-3H3,(H,14,15). The Morgan fingerprint density at radius 2 is 2.29 bits per heavy atom. The van der Waals surface area contributed by atoms with Crippen molar-refractivity contribution in [1.82, 2.24) is 5.32 Å². The molecule has 1 rings (SSSR count). The van der Waals surface area contributed by atoms with Crippen LogP contribution in [0.3, 0.4) is 0 Å². The highest BCUT2D eigenvalue weighted by Gasteiger charge is 2.17. The lowest BCUT2D eigenvalue weighted by atomic mass is 10.2. The van der Waals surface area contributed by atoms with Gasteiger partial charge in [-0.1, -0.05) is 15.9 Å². The molecule has 0 radical (unpaired) electrons. The molecule has 17 heavy (non-hydrogen) atoms. The van der Waals surface area contributed by atoms with Crippen molar-refractivity contribution in [2.75, 3.05) is 19.0 Å². The number of rotatable bonds is 6. The molecule has 1 unspecified atom stereocenters. The fourth-order valence-electron chi connectivity index (χ4n) is 1.65. The van der Waals surface area contributed by atoms with Crippen molar-refractivity contribution in [3.63, 3.8) is 0 Å². The Morgan fingerprint density at radius 3 is 2.76 bits per heavy atom. The molecule has 5 heteroatoms. The third-order valence-electron chi connectivity index (χ3n) is 2.45. The van der Waals surface area contributed by atoms with Gasteiger partial charge in [-0.15, -0.1) is 0 Å². The summed E-state index contributed by atoms with van der Waals surface area (Å²) in [6.07, 6.45) is 0.829. The topological polar surface area (TPSA) is 51.5 Å². The number of hydrogen-bond acceptors (Lipinski definition) is 3. The quantitative estimate of drug-likeness (QED) is 0.821. The molecule has 0 fully saturated rings. The van der Waals surface area contributed by atoms with E-state index in [0.29, 0.717) is 17.9 Å². The Bertz CT molecular complexity index is 370. The fraction of sp³-hybridized carbons (Fsp3) is 0.583. The zero-order valence-corrected chi connectivity index (χ0v) is 12.0. The smallest absolute Gasteiger partial charge is 0.255 e. The number of aryl methyl sites for hydroxylation is 2. The maximum atomic E-state index is 12.0. The van der Waals surface area contributed by atoms with Crippen molar-refractivity contribution in [2.24, 2.45) is 0 Å². The van der Waals surface area contributed by atoms with Crippen LogP contribution < -0.4 is 5.32 Å². The van der Waals surface area contributed by atoms with Gasteiger partial charge in [-0.2, -0.15) is 0 Å². The maximum Gasteiger partial charge on any atom is 0.255 e. The Morgan fingerprint density at radius 1 is 1.59 bits per heavy atom. The van der Waals surface area contributed by atoms with Crippen molar-refractivity contribution in [3.8, 4) is 0 Å². The van der Waals surface area contributed by atoms with Crippen LogP contribution in [0.25, 0.3) is 0 Å². The highest BCUT2D eigenvalue weighted by molar-refractivity contribution is 9.09. The third kappa shape index (κ3) is 4.16. The number of ether oxygens (including phenoxy) is 1. The molecule has 1 heterocycles. The molecule has 0 aliphatic rings. The SMILES string of the molecule is COCC(CCBr)NC(=O)c1cc(C)oc1C. The van der Waals surface area contributed by atoms with Gasteiger partial charge in [-0.25, -0.2) is 0 Å². The molecule has 96 valence electrons. The molecule has 0 saturated carbocycles. The molecule has 0 saturated heterocycles. The fourth-order valence-corrected chi connectivity index (χ4v) is 2.20. The van der Waals surface area contributed by atoms with Crippen LogP contribution in [0.1, 0.15) is 28.3 Å². The van der Waals surface area contributed by atoms with E-state index < -0.39 is 0 Å². The normalized spacial score (nSPS) is 12.5. The van der Waals surface area contributed by atoms with E-state index in [1.165, 1.54) is 0 Å². The van der Waals surface area contributed by atoms with E-state index in [9.17, 15) is 4.79 Å². The Hall–Kier alpha value is -0.810. The maximum absolute atomic E-state index is 12.0. The van der Waals surface area contributed by atoms with E-state index in [1.807, 2.05) is 6.92 Å². The van der Waals surface area contributed by atoms with Crippen molar-refractivity contribution in [1.29, 1.82) is 0 Å². The molecule has 0 aromatic carbocycles. The van der Waals surface area contributed by atoms with E-state index >= 15 is 0 Å². The summed E-state index contributed by atoms with van der Waals surface area (Å²) in [6, 6.07) is 1.77. The van der Waals surface area contributed by atoms with E-state index in [4.69, 9.17) is 9.15 Å². The number of hydrogen-bond donors (Lipinski definition) is 1. The number of carbonyl (C=O) groups is 1. The first-order valence-electron chi connectivity index (χ1n) is 5.51. The number of carbonyl (C=O) groups excluding carboxylic acids is 1. The van der Waals surface area contributed by atoms with Crippen LogP contribution in [0.15, 0.2) is 10.5 Å². The van der Waals surface area contributed by atoms with Gasteiger partial charge in [0.2, 0.25) is 0 Å². The summed E-state index contributed by atoms with van der Waals surface area (Å²) in [6.45, 7) is 4.12. The highest BCUT2D eigenvalue weighted by Crippen LogP contribution is 2.13. The second kappa shape index (κ2) is 6.81. The average Bonchev–Trinajstić information content (AvgIpc) is 2.58. The molecule has 1 aromatic heterocycles. The highest BCUT2D eigenvalue weighted by atomic mass is 79.9. The third-order valence-corrected chi connectivity index (χ3v) is 2.90. The van der Waals surface area contributed by atoms with Gasteiger partial charge in [-0.05, 0) is 26.3 Å². The Labute approximate surface area is 110 Å². The van der Waals surface area contributed by atoms with E-state index in [1.54, 1.807) is 20.1 Å². The van der Waals surface area contributed by atoms with Gasteiger partial charge >= 0.3 is 0 Å². The van der Waals surface area contributed by atoms with Crippen LogP contribution in [0.2, 0.25) is 0 Å². The van der Waals surface area contributed by atoms with Crippen molar-refractivity contribution in [3.05, 3.63) is 23.2 Å². The first-order chi connectivity index (χ1) is 8.08. The molecule has 0 aliphatic heterocycles. The first-order valence-corrected chi connectivity index (χ1v) is 6.63. The minimum atomic E-state index is -0.109. The van der Waals surface area contributed by atoms with Crippen molar-refractivity contribution >= 4 is 21.8 Å². The van der Waals surface area contributed by atoms with Gasteiger partial charge in [0.15, 0.2) is 0 Å². The predicted molar refractivity (Wildman–Crippen MR) is 69.7 cm³/mol. The zero-order chi connectivity index (χ0) is 12.8. The molecule has 1 aromatic rings. The van der Waals surface area contributed by atoms with Crippen LogP contribution in [0, 0.1) is 13.8 Å². The summed E-state index contributed by atoms with van der Waals surface area (Å²) in [5, 5.41) is 3.76. The van der Waals surface area contributed by atoms with Gasteiger partial charge in [0.05, 0.1) is 18.2 Å². The van der Waals surface area contributed by atoms with Crippen LogP contribution in [-0.4, -0.2) is 31.0 Å². The summed E-state index contributed by atoms with van der Waals surface area (Å²) in [7, 11) is 1.63. The number of amides is 1. The monoisotopic (exact) mass is 303 g/mol. The van der Waals surface area contributed by atoms with Crippen LogP contribution >= 0.6 is 15.9 Å². The lowest BCUT2D eigenvalue weighted by Gasteiger charge is -2.16. The number of halogens is 1. The molecule has 1 N–H and O–H groups in total. The van der Waals surface area contributed by atoms with Crippen LogP contribution in [-0.2, 0) is 4.74 Å². The summed E-state index contributed by atoms with van der Waals surface area (Å²) < 4.78 is 10.4. The van der Waals surface area contributed by atoms with E-state index in [-0.39, 0.29) is 11.9 Å². The zero-order valence-electron chi connectivity index (χ0n) is 10.4. The van der Waals surface area contributed by atoms with Crippen molar-refractivity contribution < 1.29 is 13.9 Å². The molecule has 1 atom stereocenters. The van der Waals surface area contributed by atoms with Crippen LogP contribution in [0.5, 0.6) is 0 Å². The molecule has 4 nitrogen and oxygen atoms in total. The molecule has 0 bridgehead atoms. The van der Waals surface area contributed by atoms with Gasteiger partial charge in [0.1, 0.15) is 11.5 Å². The predicted octanol–water partition coefficient (Wildman–Crippen LogP) is 2.43. The van der Waals surface area contributed by atoms with Gasteiger partial charge in [0.25, 0.3) is 5.91 Å². The lowest BCUT2D eigenvalue weighted by Crippen LogP contribution is -2.38. The Kier molecular flexibility index (Phi) is 5.71. The van der Waals surface area contributed by atoms with E-state index in [2.05, 4.69) is 21.2 Å². The summed E-state index contributed by atoms with van der Waals surface area (Å²) in [4.78, 5) is 12.0. The Balaban J connectivity index is 2.66. The summed E-state index contributed by atoms with van der Waals surface area (Å²) in [5.41, 5.74) is 0.596. The molecular formula is C12H18BrNO3. The van der Waals surface area contributed by atoms with Gasteiger partial charge in [0, 0.05) is 12.4 Å². The molecular weight excluding hydrogens is 286 g/mol. The summed E-state index contributed by atoms with van der Waals surface area (Å²) >= 11 is 3.36. The summed E-state index contributed by atoms with van der Waals surface area (Å²) in [5.74, 6) is 1.29. The minimum Gasteiger partial charge on any atom is -0.466 e. The largest absolute Gasteiger partial charge is 0.466 e. The van der Waals surface area contributed by atoms with Gasteiger partial charge in [-0.3, -0.25) is 4.79 Å². The first kappa shape index (κ1) is 14.3. The molecule has 1 amide bonds. The number of alkyl halides is 1. The minimum absolute atomic E-state index is 0.0153. The molecule has 0 aliphatic carbocycles. The second-order valence-electron chi connectivity index (χ2n) is 3.93. The van der Waals surface area contributed by atoms with Gasteiger partial charge < -0.3 is 14.5 Å². The number of methoxy groups -OCH3 is 1. The van der Waals surface area contributed by atoms with Crippen molar-refractivity contribution in [2.45, 2.75) is 26.3 Å². The number of nitrogens with one attached hydrogen (secondary N) is 1. The molecule has 0 spiro atoms. The lowest BCUT2D eigenvalue weighted by molar-refractivity contribution is 0.0894. The second-order valence-corrected chi connectivity index (χ2v) is 4.72. The van der Waals surface area contributed by atoms with Crippen LogP contribution in [0.4, 0.5) is 0 Å². The average molecular weight is 304 g/mol. The number of furan rings is 1.